The highest BCUT2D eigenvalue weighted by atomic mass is 17.1. The van der Waals surface area contributed by atoms with Gasteiger partial charge in [0.2, 0.25) is 5.91 Å². The molecule has 5 heteroatoms. The number of amides is 1. The van der Waals surface area contributed by atoms with Gasteiger partial charge in [0.05, 0.1) is 0 Å². The Bertz CT molecular complexity index is 269. The lowest BCUT2D eigenvalue weighted by Crippen LogP contribution is -2.41. The number of rotatable bonds is 12. The summed E-state index contributed by atoms with van der Waals surface area (Å²) < 4.78 is 0. The summed E-state index contributed by atoms with van der Waals surface area (Å²) in [5.41, 5.74) is 0. The maximum absolute atomic E-state index is 11.7. The number of hydrogen-bond acceptors (Lipinski definition) is 4. The first-order valence-electron chi connectivity index (χ1n) is 7.80. The van der Waals surface area contributed by atoms with Crippen LogP contribution >= 0.6 is 0 Å². The van der Waals surface area contributed by atoms with Crippen LogP contribution in [0.4, 0.5) is 0 Å². The van der Waals surface area contributed by atoms with Crippen LogP contribution in [0.2, 0.25) is 0 Å². The van der Waals surface area contributed by atoms with Crippen LogP contribution in [0.1, 0.15) is 78.1 Å². The lowest BCUT2D eigenvalue weighted by molar-refractivity contribution is -0.236. The molecule has 1 atom stereocenters. The Morgan fingerprint density at radius 3 is 2.20 bits per heavy atom. The first kappa shape index (κ1) is 18.9. The average molecular weight is 287 g/mol. The highest BCUT2D eigenvalue weighted by molar-refractivity contribution is 5.84. The van der Waals surface area contributed by atoms with E-state index >= 15 is 0 Å². The Kier molecular flexibility index (Phi) is 12.2. The van der Waals surface area contributed by atoms with Gasteiger partial charge in [-0.2, -0.15) is 5.26 Å². The molecular weight excluding hydrogens is 258 g/mol. The molecule has 1 amide bonds. The maximum atomic E-state index is 11.7. The van der Waals surface area contributed by atoms with Gasteiger partial charge in [0.25, 0.3) is 0 Å². The first-order valence-corrected chi connectivity index (χ1v) is 7.80. The fourth-order valence-electron chi connectivity index (χ4n) is 2.05. The molecule has 0 aromatic rings. The van der Waals surface area contributed by atoms with Crippen molar-refractivity contribution in [2.45, 2.75) is 84.1 Å². The number of unbranched alkanes of at least 4 members (excludes halogenated alkanes) is 6. The third-order valence-corrected chi connectivity index (χ3v) is 3.31. The van der Waals surface area contributed by atoms with Crippen LogP contribution in [0.5, 0.6) is 0 Å². The van der Waals surface area contributed by atoms with Gasteiger partial charge in [-0.15, -0.1) is 0 Å². The zero-order valence-electron chi connectivity index (χ0n) is 12.8. The van der Waals surface area contributed by atoms with E-state index in [4.69, 9.17) is 5.26 Å². The SMILES string of the molecule is CCCCCCCCC(=O)NC(CCCC)C(=O)OO. The van der Waals surface area contributed by atoms with Crippen molar-refractivity contribution < 1.29 is 19.7 Å². The van der Waals surface area contributed by atoms with E-state index in [2.05, 4.69) is 17.1 Å². The zero-order chi connectivity index (χ0) is 15.2. The Morgan fingerprint density at radius 1 is 1.00 bits per heavy atom. The van der Waals surface area contributed by atoms with Crippen molar-refractivity contribution in [2.75, 3.05) is 0 Å². The van der Waals surface area contributed by atoms with Gasteiger partial charge < -0.3 is 5.32 Å². The summed E-state index contributed by atoms with van der Waals surface area (Å²) in [5.74, 6) is -0.929. The fourth-order valence-corrected chi connectivity index (χ4v) is 2.05. The van der Waals surface area contributed by atoms with Gasteiger partial charge in [0.15, 0.2) is 0 Å². The van der Waals surface area contributed by atoms with Crippen LogP contribution in [-0.2, 0) is 14.5 Å². The monoisotopic (exact) mass is 287 g/mol. The van der Waals surface area contributed by atoms with Crippen molar-refractivity contribution in [3.63, 3.8) is 0 Å². The number of carbonyl (C=O) groups excluding carboxylic acids is 2. The lowest BCUT2D eigenvalue weighted by Gasteiger charge is -2.14. The highest BCUT2D eigenvalue weighted by Gasteiger charge is 2.21. The van der Waals surface area contributed by atoms with Gasteiger partial charge in [0, 0.05) is 6.42 Å². The fraction of sp³-hybridized carbons (Fsp3) is 0.867. The zero-order valence-corrected chi connectivity index (χ0v) is 12.8. The van der Waals surface area contributed by atoms with Crippen LogP contribution in [0.15, 0.2) is 0 Å². The van der Waals surface area contributed by atoms with Crippen LogP contribution in [0.3, 0.4) is 0 Å². The van der Waals surface area contributed by atoms with Gasteiger partial charge >= 0.3 is 5.97 Å². The molecule has 0 fully saturated rings. The highest BCUT2D eigenvalue weighted by Crippen LogP contribution is 2.08. The number of nitrogens with one attached hydrogen (secondary N) is 1. The molecule has 0 radical (unpaired) electrons. The number of hydrogen-bond donors (Lipinski definition) is 2. The molecular formula is C15H29NO4. The third-order valence-electron chi connectivity index (χ3n) is 3.31. The van der Waals surface area contributed by atoms with Crippen molar-refractivity contribution in [1.82, 2.24) is 5.32 Å². The van der Waals surface area contributed by atoms with Crippen molar-refractivity contribution >= 4 is 11.9 Å². The minimum Gasteiger partial charge on any atom is -0.343 e. The van der Waals surface area contributed by atoms with Gasteiger partial charge in [0.1, 0.15) is 6.04 Å². The summed E-state index contributed by atoms with van der Waals surface area (Å²) in [5, 5.41) is 11.0. The van der Waals surface area contributed by atoms with E-state index in [0.717, 1.165) is 32.1 Å². The molecule has 0 saturated carbocycles. The van der Waals surface area contributed by atoms with E-state index in [9.17, 15) is 9.59 Å². The molecule has 2 N–H and O–H groups in total. The predicted molar refractivity (Wildman–Crippen MR) is 78.2 cm³/mol. The van der Waals surface area contributed by atoms with Crippen molar-refractivity contribution in [2.24, 2.45) is 0 Å². The predicted octanol–water partition coefficient (Wildman–Crippen LogP) is 3.43. The van der Waals surface area contributed by atoms with E-state index in [0.29, 0.717) is 12.8 Å². The Morgan fingerprint density at radius 2 is 1.60 bits per heavy atom. The standard InChI is InChI=1S/C15H29NO4/c1-3-5-7-8-9-10-12-14(17)16-13(11-6-4-2)15(18)20-19/h13,19H,3-12H2,1-2H3,(H,16,17). The van der Waals surface area contributed by atoms with Crippen molar-refractivity contribution in [3.8, 4) is 0 Å². The van der Waals surface area contributed by atoms with E-state index in [1.165, 1.54) is 19.3 Å². The molecule has 5 nitrogen and oxygen atoms in total. The normalized spacial score (nSPS) is 11.9. The van der Waals surface area contributed by atoms with E-state index in [-0.39, 0.29) is 5.91 Å². The topological polar surface area (TPSA) is 75.6 Å². The van der Waals surface area contributed by atoms with Gasteiger partial charge in [-0.1, -0.05) is 58.8 Å². The number of carbonyl (C=O) groups is 2. The molecule has 1 unspecified atom stereocenters. The van der Waals surface area contributed by atoms with Gasteiger partial charge in [-0.25, -0.2) is 4.79 Å². The maximum Gasteiger partial charge on any atom is 0.364 e. The van der Waals surface area contributed by atoms with Gasteiger partial charge in [-0.05, 0) is 12.8 Å². The molecule has 118 valence electrons. The molecule has 0 aliphatic heterocycles. The Labute approximate surface area is 122 Å². The van der Waals surface area contributed by atoms with Gasteiger partial charge in [-0.3, -0.25) is 9.68 Å². The van der Waals surface area contributed by atoms with E-state index in [1.807, 2.05) is 6.92 Å². The minimum absolute atomic E-state index is 0.146. The molecule has 0 aromatic heterocycles. The first-order chi connectivity index (χ1) is 9.65. The average Bonchev–Trinajstić information content (AvgIpc) is 2.46. The van der Waals surface area contributed by atoms with Crippen LogP contribution in [-0.4, -0.2) is 23.2 Å². The summed E-state index contributed by atoms with van der Waals surface area (Å²) in [4.78, 5) is 26.8. The van der Waals surface area contributed by atoms with Crippen LogP contribution in [0.25, 0.3) is 0 Å². The second-order valence-electron chi connectivity index (χ2n) is 5.19. The second kappa shape index (κ2) is 12.9. The van der Waals surface area contributed by atoms with Crippen LogP contribution < -0.4 is 5.32 Å². The lowest BCUT2D eigenvalue weighted by atomic mass is 10.1. The smallest absolute Gasteiger partial charge is 0.343 e. The molecule has 20 heavy (non-hydrogen) atoms. The summed E-state index contributed by atoms with van der Waals surface area (Å²) in [6.07, 6.45) is 9.34. The minimum atomic E-state index is -0.783. The van der Waals surface area contributed by atoms with E-state index < -0.39 is 12.0 Å². The summed E-state index contributed by atoms with van der Waals surface area (Å²) >= 11 is 0. The third kappa shape index (κ3) is 9.78. The molecule has 0 aliphatic rings. The Hall–Kier alpha value is -1.10. The summed E-state index contributed by atoms with van der Waals surface area (Å²) in [6, 6.07) is -0.729. The molecule has 0 rings (SSSR count). The molecule has 0 saturated heterocycles. The second-order valence-corrected chi connectivity index (χ2v) is 5.19. The molecule has 0 bridgehead atoms. The molecule has 0 aliphatic carbocycles. The van der Waals surface area contributed by atoms with Crippen molar-refractivity contribution in [1.29, 1.82) is 0 Å². The molecule has 0 spiro atoms. The Balaban J connectivity index is 3.85. The summed E-state index contributed by atoms with van der Waals surface area (Å²) in [7, 11) is 0. The summed E-state index contributed by atoms with van der Waals surface area (Å²) in [6.45, 7) is 4.17. The van der Waals surface area contributed by atoms with Crippen molar-refractivity contribution in [3.05, 3.63) is 0 Å². The van der Waals surface area contributed by atoms with E-state index in [1.54, 1.807) is 0 Å². The largest absolute Gasteiger partial charge is 0.364 e. The molecule has 0 aromatic carbocycles. The van der Waals surface area contributed by atoms with Crippen LogP contribution in [0, 0.1) is 0 Å². The quantitative estimate of drug-likeness (QED) is 0.327. The molecule has 0 heterocycles.